The molecule has 0 amide bonds. The fourth-order valence-electron chi connectivity index (χ4n) is 5.19. The highest BCUT2D eigenvalue weighted by Crippen LogP contribution is 2.03. The van der Waals surface area contributed by atoms with Gasteiger partial charge in [0.1, 0.15) is 41.8 Å². The lowest BCUT2D eigenvalue weighted by molar-refractivity contribution is 0.875. The molecule has 0 radical (unpaired) electrons. The van der Waals surface area contributed by atoms with Crippen LogP contribution in [0.5, 0.6) is 0 Å². The van der Waals surface area contributed by atoms with Crippen molar-refractivity contribution in [2.45, 2.75) is 242 Å². The summed E-state index contributed by atoms with van der Waals surface area (Å²) in [5.41, 5.74) is 16.2. The van der Waals surface area contributed by atoms with Gasteiger partial charge >= 0.3 is 0 Å². The minimum absolute atomic E-state index is 0.792. The minimum atomic E-state index is 0.792. The first kappa shape index (κ1) is 97.2. The molecular formula is C74H125N15. The van der Waals surface area contributed by atoms with E-state index in [1.54, 1.807) is 25.0 Å². The van der Waals surface area contributed by atoms with Crippen LogP contribution in [0.15, 0.2) is 123 Å². The highest BCUT2D eigenvalue weighted by atomic mass is 15.0. The van der Waals surface area contributed by atoms with Crippen molar-refractivity contribution in [3.05, 3.63) is 231 Å². The predicted octanol–water partition coefficient (Wildman–Crippen LogP) is 20.2. The van der Waals surface area contributed by atoms with Crippen LogP contribution >= 0.6 is 0 Å². The normalized spacial score (nSPS) is 8.17. The summed E-state index contributed by atoms with van der Waals surface area (Å²) in [6.45, 7) is 69.5. The third kappa shape index (κ3) is 61.4. The zero-order valence-corrected chi connectivity index (χ0v) is 62.8. The number of hydrogen-bond acceptors (Lipinski definition) is 15. The van der Waals surface area contributed by atoms with Gasteiger partial charge in [0.25, 0.3) is 0 Å². The summed E-state index contributed by atoms with van der Waals surface area (Å²) in [6, 6.07) is 17.7. The van der Waals surface area contributed by atoms with Gasteiger partial charge in [-0.05, 0) is 213 Å². The van der Waals surface area contributed by atoms with Crippen LogP contribution in [0, 0.1) is 132 Å². The van der Waals surface area contributed by atoms with E-state index in [1.165, 1.54) is 33.4 Å². The van der Waals surface area contributed by atoms with Crippen molar-refractivity contribution in [1.29, 1.82) is 0 Å². The zero-order valence-electron chi connectivity index (χ0n) is 62.8. The Morgan fingerprint density at radius 1 is 0.213 bits per heavy atom. The van der Waals surface area contributed by atoms with Gasteiger partial charge in [0, 0.05) is 95.6 Å². The standard InChI is InChI=1S/4C7H9N.C6H9N3.4C6H8N2.8C2H6/c2*1-6-3-4-8-5-7(6)2;2*1-6-4-3-5-8-7(6)2;1-4-7-5(2)9-6(3)8-4;1-5-3-7-4-8-6(5)2;1-5-3-6(2)8-4-7-5;2*1-5-3-4-7-6(2)8-5;8*1-2/h4*3-5H,1-2H3;1-3H3;4*3-4H,1-2H3;8*1-2H3. The number of rotatable bonds is 0. The highest BCUT2D eigenvalue weighted by Gasteiger charge is 1.93. The van der Waals surface area contributed by atoms with Crippen LogP contribution in [0.25, 0.3) is 0 Å². The second kappa shape index (κ2) is 70.7. The van der Waals surface area contributed by atoms with E-state index >= 15 is 0 Å². The van der Waals surface area contributed by atoms with E-state index in [0.29, 0.717) is 0 Å². The molecule has 9 aromatic heterocycles. The number of nitrogens with zero attached hydrogens (tertiary/aromatic N) is 15. The lowest BCUT2D eigenvalue weighted by Crippen LogP contribution is -1.97. The largest absolute Gasteiger partial charge is 0.264 e. The number of hydrogen-bond donors (Lipinski definition) is 0. The van der Waals surface area contributed by atoms with Gasteiger partial charge in [-0.3, -0.25) is 19.9 Å². The summed E-state index contributed by atoms with van der Waals surface area (Å²) in [7, 11) is 0. The van der Waals surface area contributed by atoms with Crippen molar-refractivity contribution < 1.29 is 0 Å². The van der Waals surface area contributed by atoms with Gasteiger partial charge in [0.15, 0.2) is 0 Å². The van der Waals surface area contributed by atoms with E-state index in [9.17, 15) is 0 Å². The third-order valence-corrected chi connectivity index (χ3v) is 10.0. The van der Waals surface area contributed by atoms with Gasteiger partial charge in [-0.25, -0.2) is 54.8 Å². The Morgan fingerprint density at radius 2 is 0.528 bits per heavy atom. The molecule has 9 heterocycles. The molecule has 15 heteroatoms. The van der Waals surface area contributed by atoms with Crippen molar-refractivity contribution in [2.24, 2.45) is 0 Å². The molecule has 0 spiro atoms. The fourth-order valence-corrected chi connectivity index (χ4v) is 5.19. The van der Waals surface area contributed by atoms with Crippen LogP contribution in [0.4, 0.5) is 0 Å². The molecule has 0 saturated carbocycles. The monoisotopic (exact) mass is 1220 g/mol. The summed E-state index contributed by atoms with van der Waals surface area (Å²) in [5.74, 6) is 4.05. The molecule has 0 aromatic carbocycles. The number of aromatic nitrogens is 15. The quantitative estimate of drug-likeness (QED) is 0.139. The number of pyridine rings is 4. The van der Waals surface area contributed by atoms with E-state index in [0.717, 1.165) is 74.5 Å². The van der Waals surface area contributed by atoms with Gasteiger partial charge < -0.3 is 0 Å². The molecule has 0 atom stereocenters. The molecule has 0 N–H and O–H groups in total. The van der Waals surface area contributed by atoms with E-state index < -0.39 is 0 Å². The van der Waals surface area contributed by atoms with E-state index in [2.05, 4.69) is 128 Å². The molecule has 0 aliphatic heterocycles. The summed E-state index contributed by atoms with van der Waals surface area (Å²) in [4.78, 5) is 59.7. The first-order valence-corrected chi connectivity index (χ1v) is 31.7. The first-order valence-electron chi connectivity index (χ1n) is 31.7. The van der Waals surface area contributed by atoms with E-state index in [4.69, 9.17) is 0 Å². The van der Waals surface area contributed by atoms with Gasteiger partial charge in [-0.15, -0.1) is 0 Å². The Balaban J connectivity index is -0.000000134. The maximum absolute atomic E-state index is 4.08. The van der Waals surface area contributed by atoms with Crippen molar-refractivity contribution in [2.75, 3.05) is 0 Å². The second-order valence-electron chi connectivity index (χ2n) is 16.8. The summed E-state index contributed by atoms with van der Waals surface area (Å²) in [6.07, 6.45) is 19.4. The maximum Gasteiger partial charge on any atom is 0.129 e. The van der Waals surface area contributed by atoms with Gasteiger partial charge in [0.2, 0.25) is 0 Å². The zero-order chi connectivity index (χ0) is 70.7. The molecule has 0 aliphatic rings. The Labute approximate surface area is 545 Å². The molecule has 0 aliphatic carbocycles. The third-order valence-electron chi connectivity index (χ3n) is 10.0. The molecule has 496 valence electrons. The maximum atomic E-state index is 4.08. The Hall–Kier alpha value is -8.07. The molecule has 0 saturated heterocycles. The Bertz CT molecular complexity index is 2380. The van der Waals surface area contributed by atoms with Crippen molar-refractivity contribution in [3.8, 4) is 0 Å². The molecule has 89 heavy (non-hydrogen) atoms. The van der Waals surface area contributed by atoms with Crippen molar-refractivity contribution >= 4 is 0 Å². The Kier molecular flexibility index (Phi) is 77.2. The molecular weight excluding hydrogens is 1100 g/mol. The summed E-state index contributed by atoms with van der Waals surface area (Å²) < 4.78 is 0. The lowest BCUT2D eigenvalue weighted by Gasteiger charge is -1.94. The molecule has 9 aromatic rings. The van der Waals surface area contributed by atoms with Crippen LogP contribution < -0.4 is 0 Å². The smallest absolute Gasteiger partial charge is 0.129 e. The summed E-state index contributed by atoms with van der Waals surface area (Å²) >= 11 is 0. The minimum Gasteiger partial charge on any atom is -0.264 e. The van der Waals surface area contributed by atoms with Crippen LogP contribution in [0.1, 0.15) is 219 Å². The van der Waals surface area contributed by atoms with Crippen LogP contribution in [-0.2, 0) is 0 Å². The van der Waals surface area contributed by atoms with Crippen LogP contribution in [0.2, 0.25) is 0 Å². The summed E-state index contributed by atoms with van der Waals surface area (Å²) in [5, 5.41) is 0. The topological polar surface area (TPSA) is 193 Å². The fraction of sp³-hybridized carbons (Fsp3) is 0.473. The van der Waals surface area contributed by atoms with E-state index in [1.807, 2.05) is 287 Å². The number of aryl methyl sites for hydroxylation is 19. The molecule has 9 rings (SSSR count). The Morgan fingerprint density at radius 3 is 0.708 bits per heavy atom. The average molecular weight is 1220 g/mol. The van der Waals surface area contributed by atoms with Gasteiger partial charge in [-0.1, -0.05) is 123 Å². The second-order valence-corrected chi connectivity index (χ2v) is 16.8. The van der Waals surface area contributed by atoms with Crippen LogP contribution in [0.3, 0.4) is 0 Å². The van der Waals surface area contributed by atoms with E-state index in [-0.39, 0.29) is 0 Å². The SMILES string of the molecule is CC.CC.CC.CC.CC.CC.CC.CC.Cc1cc(C)ncn1.Cc1cccnc1C.Cc1cccnc1C.Cc1ccnc(C)n1.Cc1ccnc(C)n1.Cc1ccncc1C.Cc1ccncc1C.Cc1cncnc1C.Cc1nc(C)nc(C)n1. The molecule has 15 nitrogen and oxygen atoms in total. The first-order chi connectivity index (χ1) is 42.6. The highest BCUT2D eigenvalue weighted by molar-refractivity contribution is 5.20. The molecule has 0 bridgehead atoms. The van der Waals surface area contributed by atoms with Crippen LogP contribution in [-0.4, -0.2) is 74.8 Å². The molecule has 0 unspecified atom stereocenters. The molecule has 0 fully saturated rings. The van der Waals surface area contributed by atoms with Gasteiger partial charge in [-0.2, -0.15) is 0 Å². The average Bonchev–Trinajstić information content (AvgIpc) is 3.54. The van der Waals surface area contributed by atoms with Gasteiger partial charge in [0.05, 0.1) is 0 Å². The lowest BCUT2D eigenvalue weighted by atomic mass is 10.2. The van der Waals surface area contributed by atoms with Crippen molar-refractivity contribution in [3.63, 3.8) is 0 Å². The predicted molar refractivity (Wildman–Crippen MR) is 386 cm³/mol. The van der Waals surface area contributed by atoms with Crippen molar-refractivity contribution in [1.82, 2.24) is 74.8 Å².